The largest absolute Gasteiger partial charge is 0.496 e. The van der Waals surface area contributed by atoms with Crippen LogP contribution in [0.3, 0.4) is 0 Å². The third kappa shape index (κ3) is 1.90. The summed E-state index contributed by atoms with van der Waals surface area (Å²) in [7, 11) is 1.63. The van der Waals surface area contributed by atoms with Crippen molar-refractivity contribution in [1.82, 2.24) is 10.1 Å². The van der Waals surface area contributed by atoms with Gasteiger partial charge in [-0.15, -0.1) is 0 Å². The predicted octanol–water partition coefficient (Wildman–Crippen LogP) is 1.51. The fraction of sp³-hybridized carbons (Fsp3) is 0.273. The quantitative estimate of drug-likeness (QED) is 0.847. The van der Waals surface area contributed by atoms with Crippen molar-refractivity contribution in [3.8, 4) is 17.1 Å². The van der Waals surface area contributed by atoms with E-state index in [0.717, 1.165) is 16.9 Å². The first-order chi connectivity index (χ1) is 7.74. The molecule has 0 fully saturated rings. The molecule has 2 N–H and O–H groups in total. The lowest BCUT2D eigenvalue weighted by molar-refractivity contribution is 0.380. The van der Waals surface area contributed by atoms with Gasteiger partial charge in [-0.25, -0.2) is 0 Å². The zero-order chi connectivity index (χ0) is 11.5. The lowest BCUT2D eigenvalue weighted by Gasteiger charge is -2.04. The van der Waals surface area contributed by atoms with Gasteiger partial charge in [0.25, 0.3) is 0 Å². The second-order valence-corrected chi connectivity index (χ2v) is 3.40. The molecular formula is C11H13N3O2. The Morgan fingerprint density at radius 1 is 1.44 bits per heavy atom. The van der Waals surface area contributed by atoms with Gasteiger partial charge in [-0.05, 0) is 18.6 Å². The van der Waals surface area contributed by atoms with Crippen LogP contribution in [-0.4, -0.2) is 17.3 Å². The predicted molar refractivity (Wildman–Crippen MR) is 58.9 cm³/mol. The molecule has 0 aliphatic carbocycles. The normalized spacial score (nSPS) is 10.4. The monoisotopic (exact) mass is 219 g/mol. The maximum atomic E-state index is 5.40. The van der Waals surface area contributed by atoms with Crippen LogP contribution in [0.1, 0.15) is 11.5 Å². The number of ether oxygens (including phenoxy) is 1. The number of rotatable bonds is 3. The molecule has 2 aromatic rings. The SMILES string of the molecule is COc1cc(-c2noc(CN)n2)ccc1C. The zero-order valence-electron chi connectivity index (χ0n) is 9.23. The topological polar surface area (TPSA) is 74.2 Å². The average molecular weight is 219 g/mol. The Balaban J connectivity index is 2.40. The van der Waals surface area contributed by atoms with Crippen molar-refractivity contribution in [1.29, 1.82) is 0 Å². The summed E-state index contributed by atoms with van der Waals surface area (Å²) in [6.45, 7) is 2.22. The molecule has 0 unspecified atom stereocenters. The van der Waals surface area contributed by atoms with Crippen molar-refractivity contribution in [2.24, 2.45) is 5.73 Å². The van der Waals surface area contributed by atoms with Gasteiger partial charge in [-0.2, -0.15) is 4.98 Å². The first-order valence-electron chi connectivity index (χ1n) is 4.92. The van der Waals surface area contributed by atoms with Crippen molar-refractivity contribution >= 4 is 0 Å². The Morgan fingerprint density at radius 2 is 2.25 bits per heavy atom. The van der Waals surface area contributed by atoms with Crippen molar-refractivity contribution in [3.63, 3.8) is 0 Å². The van der Waals surface area contributed by atoms with E-state index in [1.54, 1.807) is 7.11 Å². The van der Waals surface area contributed by atoms with Crippen LogP contribution >= 0.6 is 0 Å². The Labute approximate surface area is 93.2 Å². The molecule has 0 spiro atoms. The molecule has 0 aliphatic heterocycles. The molecule has 0 amide bonds. The molecule has 0 saturated heterocycles. The van der Waals surface area contributed by atoms with E-state index in [1.807, 2.05) is 25.1 Å². The number of hydrogen-bond acceptors (Lipinski definition) is 5. The Hall–Kier alpha value is -1.88. The number of methoxy groups -OCH3 is 1. The van der Waals surface area contributed by atoms with E-state index in [2.05, 4.69) is 10.1 Å². The standard InChI is InChI=1S/C11H13N3O2/c1-7-3-4-8(5-9(7)15-2)11-13-10(6-12)16-14-11/h3-5H,6,12H2,1-2H3. The van der Waals surface area contributed by atoms with Crippen molar-refractivity contribution in [3.05, 3.63) is 29.7 Å². The second-order valence-electron chi connectivity index (χ2n) is 3.40. The van der Waals surface area contributed by atoms with Gasteiger partial charge in [0, 0.05) is 5.56 Å². The number of nitrogens with two attached hydrogens (primary N) is 1. The number of nitrogens with zero attached hydrogens (tertiary/aromatic N) is 2. The highest BCUT2D eigenvalue weighted by Gasteiger charge is 2.09. The van der Waals surface area contributed by atoms with Crippen molar-refractivity contribution < 1.29 is 9.26 Å². The lowest BCUT2D eigenvalue weighted by Crippen LogP contribution is -1.95. The molecule has 0 aliphatic rings. The van der Waals surface area contributed by atoms with E-state index >= 15 is 0 Å². The summed E-state index contributed by atoms with van der Waals surface area (Å²) in [5, 5.41) is 3.84. The van der Waals surface area contributed by atoms with Gasteiger partial charge in [0.15, 0.2) is 0 Å². The Kier molecular flexibility index (Phi) is 2.87. The van der Waals surface area contributed by atoms with Crippen LogP contribution in [0.4, 0.5) is 0 Å². The van der Waals surface area contributed by atoms with Gasteiger partial charge >= 0.3 is 0 Å². The molecule has 0 bridgehead atoms. The van der Waals surface area contributed by atoms with Gasteiger partial charge in [0.05, 0.1) is 13.7 Å². The third-order valence-corrected chi connectivity index (χ3v) is 2.31. The minimum absolute atomic E-state index is 0.246. The molecule has 1 aromatic heterocycles. The minimum Gasteiger partial charge on any atom is -0.496 e. The van der Waals surface area contributed by atoms with Gasteiger partial charge in [0.2, 0.25) is 11.7 Å². The summed E-state index contributed by atoms with van der Waals surface area (Å²) in [4.78, 5) is 4.15. The number of aryl methyl sites for hydroxylation is 1. The highest BCUT2D eigenvalue weighted by atomic mass is 16.5. The van der Waals surface area contributed by atoms with Gasteiger partial charge in [-0.3, -0.25) is 0 Å². The number of benzene rings is 1. The van der Waals surface area contributed by atoms with E-state index in [0.29, 0.717) is 11.7 Å². The molecular weight excluding hydrogens is 206 g/mol. The van der Waals surface area contributed by atoms with E-state index < -0.39 is 0 Å². The summed E-state index contributed by atoms with van der Waals surface area (Å²) in [6.07, 6.45) is 0. The maximum Gasteiger partial charge on any atom is 0.240 e. The summed E-state index contributed by atoms with van der Waals surface area (Å²) < 4.78 is 10.2. The van der Waals surface area contributed by atoms with Crippen LogP contribution in [0.25, 0.3) is 11.4 Å². The molecule has 1 aromatic carbocycles. The third-order valence-electron chi connectivity index (χ3n) is 2.31. The fourth-order valence-corrected chi connectivity index (χ4v) is 1.41. The molecule has 5 nitrogen and oxygen atoms in total. The molecule has 1 heterocycles. The first-order valence-corrected chi connectivity index (χ1v) is 4.92. The van der Waals surface area contributed by atoms with Gasteiger partial charge < -0.3 is 15.0 Å². The van der Waals surface area contributed by atoms with Crippen LogP contribution in [-0.2, 0) is 6.54 Å². The average Bonchev–Trinajstić information content (AvgIpc) is 2.78. The van der Waals surface area contributed by atoms with E-state index in [4.69, 9.17) is 15.0 Å². The minimum atomic E-state index is 0.246. The van der Waals surface area contributed by atoms with Crippen molar-refractivity contribution in [2.45, 2.75) is 13.5 Å². The highest BCUT2D eigenvalue weighted by Crippen LogP contribution is 2.24. The molecule has 2 rings (SSSR count). The van der Waals surface area contributed by atoms with E-state index in [1.165, 1.54) is 0 Å². The molecule has 0 saturated carbocycles. The van der Waals surface area contributed by atoms with Crippen molar-refractivity contribution in [2.75, 3.05) is 7.11 Å². The van der Waals surface area contributed by atoms with Crippen LogP contribution in [0, 0.1) is 6.92 Å². The Morgan fingerprint density at radius 3 is 2.88 bits per heavy atom. The summed E-state index contributed by atoms with van der Waals surface area (Å²) in [5.74, 6) is 1.75. The zero-order valence-corrected chi connectivity index (χ0v) is 9.23. The van der Waals surface area contributed by atoms with Crippen LogP contribution in [0.5, 0.6) is 5.75 Å². The summed E-state index contributed by atoms with van der Waals surface area (Å²) in [6, 6.07) is 5.75. The molecule has 16 heavy (non-hydrogen) atoms. The van der Waals surface area contributed by atoms with E-state index in [-0.39, 0.29) is 6.54 Å². The Bertz CT molecular complexity index is 494. The summed E-state index contributed by atoms with van der Waals surface area (Å²) >= 11 is 0. The maximum absolute atomic E-state index is 5.40. The van der Waals surface area contributed by atoms with Gasteiger partial charge in [0.1, 0.15) is 5.75 Å². The lowest BCUT2D eigenvalue weighted by atomic mass is 10.1. The molecule has 84 valence electrons. The van der Waals surface area contributed by atoms with Crippen LogP contribution in [0.15, 0.2) is 22.7 Å². The smallest absolute Gasteiger partial charge is 0.240 e. The number of aromatic nitrogens is 2. The number of hydrogen-bond donors (Lipinski definition) is 1. The molecule has 0 radical (unpaired) electrons. The fourth-order valence-electron chi connectivity index (χ4n) is 1.41. The molecule has 0 atom stereocenters. The first kappa shape index (κ1) is 10.6. The highest BCUT2D eigenvalue weighted by molar-refractivity contribution is 5.58. The van der Waals surface area contributed by atoms with Gasteiger partial charge in [-0.1, -0.05) is 17.3 Å². The summed E-state index contributed by atoms with van der Waals surface area (Å²) in [5.41, 5.74) is 7.32. The second kappa shape index (κ2) is 4.32. The van der Waals surface area contributed by atoms with E-state index in [9.17, 15) is 0 Å². The van der Waals surface area contributed by atoms with Crippen LogP contribution < -0.4 is 10.5 Å². The van der Waals surface area contributed by atoms with Crippen LogP contribution in [0.2, 0.25) is 0 Å². The molecule has 5 heteroatoms.